The van der Waals surface area contributed by atoms with E-state index in [0.29, 0.717) is 17.4 Å². The van der Waals surface area contributed by atoms with E-state index in [9.17, 15) is 19.5 Å². The molecule has 0 saturated carbocycles. The van der Waals surface area contributed by atoms with Crippen molar-refractivity contribution in [2.45, 2.75) is 225 Å². The van der Waals surface area contributed by atoms with E-state index in [0.717, 1.165) is 64.2 Å². The molecule has 2 atom stereocenters. The van der Waals surface area contributed by atoms with Crippen LogP contribution in [0.3, 0.4) is 0 Å². The van der Waals surface area contributed by atoms with Crippen LogP contribution in [0, 0.1) is 0 Å². The molecule has 0 aliphatic heterocycles. The fourth-order valence-electron chi connectivity index (χ4n) is 6.66. The summed E-state index contributed by atoms with van der Waals surface area (Å²) in [4.78, 5) is 37.1. The van der Waals surface area contributed by atoms with Gasteiger partial charge in [-0.2, -0.15) is 0 Å². The molecule has 340 valence electrons. The lowest BCUT2D eigenvalue weighted by atomic mass is 10.0. The Morgan fingerprint density at radius 3 is 1.34 bits per heavy atom. The molecule has 0 aliphatic rings. The third kappa shape index (κ3) is 41.9. The molecule has 0 aromatic carbocycles. The van der Waals surface area contributed by atoms with Crippen molar-refractivity contribution >= 4 is 17.9 Å². The third-order valence-electron chi connectivity index (χ3n) is 10.4. The highest BCUT2D eigenvalue weighted by Crippen LogP contribution is 2.15. The number of allylic oxidation sites excluding steroid dienone is 4. The average molecular weight is 823 g/mol. The number of esters is 2. The van der Waals surface area contributed by atoms with E-state index in [4.69, 9.17) is 18.9 Å². The van der Waals surface area contributed by atoms with Crippen molar-refractivity contribution in [3.63, 3.8) is 0 Å². The number of carbonyl (C=O) groups excluding carboxylic acids is 2. The number of rotatable bonds is 44. The largest absolute Gasteiger partial charge is 0.477 e. The van der Waals surface area contributed by atoms with Crippen LogP contribution in [0.15, 0.2) is 24.3 Å². The van der Waals surface area contributed by atoms with Crippen molar-refractivity contribution in [1.82, 2.24) is 0 Å². The summed E-state index contributed by atoms with van der Waals surface area (Å²) in [5, 5.41) is 9.63. The van der Waals surface area contributed by atoms with Crippen LogP contribution < -0.4 is 0 Å². The lowest BCUT2D eigenvalue weighted by Gasteiger charge is -2.25. The molecular formula is C49H92NO8+. The van der Waals surface area contributed by atoms with Gasteiger partial charge in [-0.1, -0.05) is 167 Å². The highest BCUT2D eigenvalue weighted by Gasteiger charge is 2.25. The second-order valence-electron chi connectivity index (χ2n) is 17.4. The van der Waals surface area contributed by atoms with Crippen molar-refractivity contribution in [3.05, 3.63) is 24.3 Å². The van der Waals surface area contributed by atoms with Crippen LogP contribution in [-0.4, -0.2) is 87.4 Å². The van der Waals surface area contributed by atoms with Gasteiger partial charge < -0.3 is 28.5 Å². The fourth-order valence-corrected chi connectivity index (χ4v) is 6.66. The van der Waals surface area contributed by atoms with E-state index in [1.165, 1.54) is 122 Å². The quantitative estimate of drug-likeness (QED) is 0.0213. The molecule has 9 nitrogen and oxygen atoms in total. The summed E-state index contributed by atoms with van der Waals surface area (Å²) in [5.74, 6) is -2.01. The van der Waals surface area contributed by atoms with Crippen molar-refractivity contribution < 1.29 is 42.9 Å². The number of ether oxygens (including phenoxy) is 4. The molecular weight excluding hydrogens is 731 g/mol. The minimum absolute atomic E-state index is 0.184. The van der Waals surface area contributed by atoms with Crippen LogP contribution in [0.2, 0.25) is 0 Å². The van der Waals surface area contributed by atoms with Crippen LogP contribution in [0.5, 0.6) is 0 Å². The number of likely N-dealkylation sites (N-methyl/N-ethyl adjacent to an activating group) is 1. The van der Waals surface area contributed by atoms with E-state index in [1.54, 1.807) is 0 Å². The van der Waals surface area contributed by atoms with Gasteiger partial charge in [0.25, 0.3) is 6.29 Å². The number of nitrogens with zero attached hydrogens (tertiary/aromatic N) is 1. The Kier molecular flexibility index (Phi) is 39.9. The van der Waals surface area contributed by atoms with Gasteiger partial charge in [-0.25, -0.2) is 4.79 Å². The fraction of sp³-hybridized carbons (Fsp3) is 0.857. The number of carbonyl (C=O) groups is 3. The molecule has 0 heterocycles. The predicted octanol–water partition coefficient (Wildman–Crippen LogP) is 12.8. The number of carboxylic acids is 1. The summed E-state index contributed by atoms with van der Waals surface area (Å²) in [6.07, 6.45) is 42.5. The Bertz CT molecular complexity index is 1010. The second kappa shape index (κ2) is 41.5. The lowest BCUT2D eigenvalue weighted by Crippen LogP contribution is -2.40. The molecule has 0 bridgehead atoms. The summed E-state index contributed by atoms with van der Waals surface area (Å²) in [7, 11) is 5.95. The number of aliphatic carboxylic acids is 1. The number of carboxylic acid groups (broad SMARTS) is 1. The SMILES string of the molecule is CCC/C=C\CCCCCCCC(=O)OCC(COC(OCC[N+](C)(C)C)C(=O)O)OC(=O)CCCCCCCCCCCCC/C=C\CCCCCCCCCC. The summed E-state index contributed by atoms with van der Waals surface area (Å²) < 4.78 is 22.7. The Hall–Kier alpha value is -2.23. The molecule has 1 N–H and O–H groups in total. The van der Waals surface area contributed by atoms with Crippen molar-refractivity contribution in [2.24, 2.45) is 0 Å². The van der Waals surface area contributed by atoms with Gasteiger partial charge in [0.2, 0.25) is 0 Å². The molecule has 0 aromatic heterocycles. The topological polar surface area (TPSA) is 108 Å². The van der Waals surface area contributed by atoms with E-state index in [-0.39, 0.29) is 32.2 Å². The first-order valence-corrected chi connectivity index (χ1v) is 24.0. The minimum atomic E-state index is -1.51. The maximum atomic E-state index is 12.8. The predicted molar refractivity (Wildman–Crippen MR) is 240 cm³/mol. The minimum Gasteiger partial charge on any atom is -0.477 e. The zero-order valence-corrected chi connectivity index (χ0v) is 38.5. The zero-order valence-electron chi connectivity index (χ0n) is 38.5. The Morgan fingerprint density at radius 1 is 0.500 bits per heavy atom. The maximum absolute atomic E-state index is 12.8. The highest BCUT2D eigenvalue weighted by atomic mass is 16.7. The van der Waals surface area contributed by atoms with Gasteiger partial charge >= 0.3 is 17.9 Å². The lowest BCUT2D eigenvalue weighted by molar-refractivity contribution is -0.870. The maximum Gasteiger partial charge on any atom is 0.361 e. The standard InChI is InChI=1S/C49H91NO8/c1-6-8-10-12-14-16-18-19-20-21-22-23-24-25-26-27-28-29-30-32-34-36-38-40-47(52)58-45(44-57-49(48(53)54)55-42-41-50(3,4)5)43-56-46(51)39-37-35-33-31-17-15-13-11-9-7-2/h11,13,21-22,45,49H,6-10,12,14-20,23-44H2,1-5H3/p+1/b13-11-,22-21-. The van der Waals surface area contributed by atoms with E-state index < -0.39 is 24.3 Å². The molecule has 0 aromatic rings. The number of hydrogen-bond acceptors (Lipinski definition) is 7. The Morgan fingerprint density at radius 2 is 0.914 bits per heavy atom. The zero-order chi connectivity index (χ0) is 42.8. The summed E-state index contributed by atoms with van der Waals surface area (Å²) in [5.41, 5.74) is 0. The first-order valence-electron chi connectivity index (χ1n) is 24.0. The van der Waals surface area contributed by atoms with Crippen LogP contribution in [-0.2, 0) is 33.3 Å². The second-order valence-corrected chi connectivity index (χ2v) is 17.4. The van der Waals surface area contributed by atoms with Crippen LogP contribution in [0.4, 0.5) is 0 Å². The molecule has 0 radical (unpaired) electrons. The number of quaternary nitrogens is 1. The van der Waals surface area contributed by atoms with E-state index in [1.807, 2.05) is 21.1 Å². The van der Waals surface area contributed by atoms with Gasteiger partial charge in [0, 0.05) is 12.8 Å². The molecule has 0 spiro atoms. The van der Waals surface area contributed by atoms with Crippen molar-refractivity contribution in [1.29, 1.82) is 0 Å². The molecule has 0 aliphatic carbocycles. The molecule has 0 saturated heterocycles. The monoisotopic (exact) mass is 823 g/mol. The van der Waals surface area contributed by atoms with Crippen molar-refractivity contribution in [2.75, 3.05) is 47.5 Å². The van der Waals surface area contributed by atoms with Crippen molar-refractivity contribution in [3.8, 4) is 0 Å². The van der Waals surface area contributed by atoms with E-state index >= 15 is 0 Å². The van der Waals surface area contributed by atoms with Gasteiger partial charge in [0.1, 0.15) is 13.2 Å². The summed E-state index contributed by atoms with van der Waals surface area (Å²) in [6.45, 7) is 4.81. The first kappa shape index (κ1) is 55.8. The van der Waals surface area contributed by atoms with Gasteiger partial charge in [-0.05, 0) is 57.8 Å². The average Bonchev–Trinajstić information content (AvgIpc) is 3.18. The van der Waals surface area contributed by atoms with E-state index in [2.05, 4.69) is 38.2 Å². The third-order valence-corrected chi connectivity index (χ3v) is 10.4. The Labute approximate surface area is 357 Å². The van der Waals surface area contributed by atoms with Gasteiger partial charge in [-0.15, -0.1) is 0 Å². The summed E-state index contributed by atoms with van der Waals surface area (Å²) >= 11 is 0. The van der Waals surface area contributed by atoms with Crippen LogP contribution in [0.25, 0.3) is 0 Å². The molecule has 2 unspecified atom stereocenters. The summed E-state index contributed by atoms with van der Waals surface area (Å²) in [6, 6.07) is 0. The number of hydrogen-bond donors (Lipinski definition) is 1. The molecule has 58 heavy (non-hydrogen) atoms. The Balaban J connectivity index is 4.26. The normalized spacial score (nSPS) is 13.1. The van der Waals surface area contributed by atoms with Crippen LogP contribution in [0.1, 0.15) is 213 Å². The smallest absolute Gasteiger partial charge is 0.361 e. The first-order chi connectivity index (χ1) is 28.1. The molecule has 0 fully saturated rings. The van der Waals surface area contributed by atoms with Gasteiger partial charge in [-0.3, -0.25) is 9.59 Å². The number of unbranched alkanes of at least 4 members (excludes halogenated alkanes) is 25. The molecule has 9 heteroatoms. The molecule has 0 amide bonds. The highest BCUT2D eigenvalue weighted by molar-refractivity contribution is 5.71. The van der Waals surface area contributed by atoms with Crippen LogP contribution >= 0.6 is 0 Å². The van der Waals surface area contributed by atoms with Gasteiger partial charge in [0.05, 0.1) is 34.4 Å². The van der Waals surface area contributed by atoms with Gasteiger partial charge in [0.15, 0.2) is 6.10 Å². The molecule has 0 rings (SSSR count).